The van der Waals surface area contributed by atoms with E-state index < -0.39 is 5.82 Å². The van der Waals surface area contributed by atoms with Gasteiger partial charge in [-0.05, 0) is 31.0 Å². The molecule has 1 fully saturated rings. The molecule has 4 heteroatoms. The zero-order valence-corrected chi connectivity index (χ0v) is 11.3. The number of benzene rings is 1. The van der Waals surface area contributed by atoms with E-state index in [-0.39, 0.29) is 24.1 Å². The van der Waals surface area contributed by atoms with Gasteiger partial charge in [-0.2, -0.15) is 0 Å². The highest BCUT2D eigenvalue weighted by Gasteiger charge is 2.23. The van der Waals surface area contributed by atoms with E-state index >= 15 is 0 Å². The van der Waals surface area contributed by atoms with Crippen LogP contribution in [0, 0.1) is 23.6 Å². The van der Waals surface area contributed by atoms with E-state index in [0.29, 0.717) is 12.0 Å². The van der Waals surface area contributed by atoms with Gasteiger partial charge in [0.05, 0.1) is 12.3 Å². The highest BCUT2D eigenvalue weighted by Crippen LogP contribution is 2.26. The first-order chi connectivity index (χ1) is 9.70. The summed E-state index contributed by atoms with van der Waals surface area (Å²) in [6.07, 6.45) is 4.28. The van der Waals surface area contributed by atoms with E-state index in [2.05, 4.69) is 17.2 Å². The molecule has 0 saturated heterocycles. The van der Waals surface area contributed by atoms with Gasteiger partial charge in [-0.25, -0.2) is 4.39 Å². The molecule has 2 N–H and O–H groups in total. The first kappa shape index (κ1) is 14.5. The second kappa shape index (κ2) is 7.06. The summed E-state index contributed by atoms with van der Waals surface area (Å²) >= 11 is 0. The number of carbonyl (C=O) groups is 1. The van der Waals surface area contributed by atoms with Crippen molar-refractivity contribution >= 4 is 11.6 Å². The molecule has 1 amide bonds. The molecule has 0 atom stereocenters. The molecule has 0 aromatic heterocycles. The number of carbonyl (C=O) groups excluding carboxylic acids is 1. The Kier molecular flexibility index (Phi) is 5.14. The van der Waals surface area contributed by atoms with Crippen LogP contribution in [0.25, 0.3) is 0 Å². The van der Waals surface area contributed by atoms with Crippen LogP contribution in [-0.2, 0) is 4.79 Å². The van der Waals surface area contributed by atoms with E-state index in [9.17, 15) is 9.18 Å². The van der Waals surface area contributed by atoms with Gasteiger partial charge < -0.3 is 10.4 Å². The average molecular weight is 275 g/mol. The lowest BCUT2D eigenvalue weighted by atomic mass is 10.1. The first-order valence-electron chi connectivity index (χ1n) is 6.91. The minimum absolute atomic E-state index is 0.00892. The lowest BCUT2D eigenvalue weighted by Crippen LogP contribution is -2.20. The van der Waals surface area contributed by atoms with Gasteiger partial charge >= 0.3 is 0 Å². The van der Waals surface area contributed by atoms with E-state index in [4.69, 9.17) is 5.11 Å². The molecule has 0 heterocycles. The zero-order chi connectivity index (χ0) is 14.4. The summed E-state index contributed by atoms with van der Waals surface area (Å²) < 4.78 is 13.9. The molecule has 2 rings (SSSR count). The highest BCUT2D eigenvalue weighted by molar-refractivity contribution is 5.92. The SMILES string of the molecule is O=C(Nc1ccc(C#CCCO)cc1F)C1CCCC1. The molecule has 1 aliphatic rings. The number of hydrogen-bond donors (Lipinski definition) is 2. The zero-order valence-electron chi connectivity index (χ0n) is 11.3. The van der Waals surface area contributed by atoms with Crippen LogP contribution in [-0.4, -0.2) is 17.6 Å². The van der Waals surface area contributed by atoms with Crippen LogP contribution >= 0.6 is 0 Å². The van der Waals surface area contributed by atoms with Crippen LogP contribution in [0.5, 0.6) is 0 Å². The van der Waals surface area contributed by atoms with Gasteiger partial charge in [0.2, 0.25) is 5.91 Å². The highest BCUT2D eigenvalue weighted by atomic mass is 19.1. The molecule has 1 aromatic carbocycles. The van der Waals surface area contributed by atoms with Crippen LogP contribution in [0.1, 0.15) is 37.7 Å². The molecule has 106 valence electrons. The fourth-order valence-electron chi connectivity index (χ4n) is 2.34. The number of amides is 1. The van der Waals surface area contributed by atoms with Crippen LogP contribution in [0.15, 0.2) is 18.2 Å². The van der Waals surface area contributed by atoms with E-state index in [1.165, 1.54) is 12.1 Å². The Balaban J connectivity index is 2.02. The van der Waals surface area contributed by atoms with Crippen LogP contribution < -0.4 is 5.32 Å². The molecule has 1 aromatic rings. The van der Waals surface area contributed by atoms with Crippen molar-refractivity contribution in [1.29, 1.82) is 0 Å². The molecule has 0 aliphatic heterocycles. The maximum atomic E-state index is 13.9. The van der Waals surface area contributed by atoms with Crippen molar-refractivity contribution in [3.05, 3.63) is 29.6 Å². The van der Waals surface area contributed by atoms with Crippen LogP contribution in [0.4, 0.5) is 10.1 Å². The fourth-order valence-corrected chi connectivity index (χ4v) is 2.34. The fraction of sp³-hybridized carbons (Fsp3) is 0.438. The second-order valence-electron chi connectivity index (χ2n) is 4.94. The number of anilines is 1. The maximum Gasteiger partial charge on any atom is 0.227 e. The summed E-state index contributed by atoms with van der Waals surface area (Å²) in [5.41, 5.74) is 0.740. The van der Waals surface area contributed by atoms with Gasteiger partial charge in [-0.1, -0.05) is 24.7 Å². The topological polar surface area (TPSA) is 49.3 Å². The van der Waals surface area contributed by atoms with Gasteiger partial charge in [-0.3, -0.25) is 4.79 Å². The Hall–Kier alpha value is -1.86. The largest absolute Gasteiger partial charge is 0.395 e. The summed E-state index contributed by atoms with van der Waals surface area (Å²) in [6, 6.07) is 4.50. The third kappa shape index (κ3) is 3.82. The summed E-state index contributed by atoms with van der Waals surface area (Å²) in [5.74, 6) is 4.93. The van der Waals surface area contributed by atoms with Crippen molar-refractivity contribution in [3.63, 3.8) is 0 Å². The molecule has 20 heavy (non-hydrogen) atoms. The predicted octanol–water partition coefficient (Wildman–Crippen LogP) is 2.69. The molecule has 1 aliphatic carbocycles. The van der Waals surface area contributed by atoms with Gasteiger partial charge in [0.15, 0.2) is 0 Å². The Morgan fingerprint density at radius 1 is 1.40 bits per heavy atom. The lowest BCUT2D eigenvalue weighted by Gasteiger charge is -2.11. The van der Waals surface area contributed by atoms with Crippen molar-refractivity contribution in [2.75, 3.05) is 11.9 Å². The molecule has 3 nitrogen and oxygen atoms in total. The number of hydrogen-bond acceptors (Lipinski definition) is 2. The third-order valence-corrected chi connectivity index (χ3v) is 3.42. The van der Waals surface area contributed by atoms with Crippen LogP contribution in [0.3, 0.4) is 0 Å². The summed E-state index contributed by atoms with van der Waals surface area (Å²) in [6.45, 7) is -0.00892. The smallest absolute Gasteiger partial charge is 0.227 e. The number of halogens is 1. The van der Waals surface area contributed by atoms with Crippen LogP contribution in [0.2, 0.25) is 0 Å². The molecule has 0 radical (unpaired) electrons. The molecule has 0 bridgehead atoms. The average Bonchev–Trinajstić information content (AvgIpc) is 2.96. The molecular formula is C16H18FNO2. The quantitative estimate of drug-likeness (QED) is 0.833. The first-order valence-corrected chi connectivity index (χ1v) is 6.91. The number of aliphatic hydroxyl groups excluding tert-OH is 1. The van der Waals surface area contributed by atoms with Crippen molar-refractivity contribution in [2.45, 2.75) is 32.1 Å². The van der Waals surface area contributed by atoms with Gasteiger partial charge in [-0.15, -0.1) is 0 Å². The minimum Gasteiger partial charge on any atom is -0.395 e. The Bertz CT molecular complexity index is 539. The standard InChI is InChI=1S/C16H18FNO2/c17-14-11-12(5-3-4-10-19)8-9-15(14)18-16(20)13-6-1-2-7-13/h8-9,11,13,19H,1-2,4,6-7,10H2,(H,18,20). The molecule has 0 unspecified atom stereocenters. The monoisotopic (exact) mass is 275 g/mol. The van der Waals surface area contributed by atoms with Crippen molar-refractivity contribution in [1.82, 2.24) is 0 Å². The van der Waals surface area contributed by atoms with Crippen molar-refractivity contribution in [3.8, 4) is 11.8 Å². The maximum absolute atomic E-state index is 13.9. The van der Waals surface area contributed by atoms with Gasteiger partial charge in [0.1, 0.15) is 5.82 Å². The normalized spacial score (nSPS) is 14.7. The second-order valence-corrected chi connectivity index (χ2v) is 4.94. The Morgan fingerprint density at radius 2 is 2.15 bits per heavy atom. The number of rotatable bonds is 3. The third-order valence-electron chi connectivity index (χ3n) is 3.42. The predicted molar refractivity (Wildman–Crippen MR) is 75.6 cm³/mol. The molecular weight excluding hydrogens is 257 g/mol. The van der Waals surface area contributed by atoms with Gasteiger partial charge in [0, 0.05) is 17.9 Å². The molecule has 1 saturated carbocycles. The van der Waals surface area contributed by atoms with Crippen molar-refractivity contribution in [2.24, 2.45) is 5.92 Å². The van der Waals surface area contributed by atoms with E-state index in [0.717, 1.165) is 25.7 Å². The number of nitrogens with one attached hydrogen (secondary N) is 1. The molecule has 0 spiro atoms. The van der Waals surface area contributed by atoms with Crippen molar-refractivity contribution < 1.29 is 14.3 Å². The number of aliphatic hydroxyl groups is 1. The minimum atomic E-state index is -0.479. The van der Waals surface area contributed by atoms with E-state index in [1.54, 1.807) is 6.07 Å². The Labute approximate surface area is 118 Å². The summed E-state index contributed by atoms with van der Waals surface area (Å²) in [7, 11) is 0. The lowest BCUT2D eigenvalue weighted by molar-refractivity contribution is -0.119. The van der Waals surface area contributed by atoms with Gasteiger partial charge in [0.25, 0.3) is 0 Å². The van der Waals surface area contributed by atoms with E-state index in [1.807, 2.05) is 0 Å². The Morgan fingerprint density at radius 3 is 2.80 bits per heavy atom. The summed E-state index contributed by atoms with van der Waals surface area (Å²) in [5, 5.41) is 11.3. The summed E-state index contributed by atoms with van der Waals surface area (Å²) in [4.78, 5) is 11.9.